The van der Waals surface area contributed by atoms with Gasteiger partial charge in [-0.15, -0.1) is 0 Å². The molecule has 0 spiro atoms. The highest BCUT2D eigenvalue weighted by Crippen LogP contribution is 2.28. The van der Waals surface area contributed by atoms with Crippen molar-refractivity contribution in [2.24, 2.45) is 0 Å². The normalized spacial score (nSPS) is 19.4. The maximum Gasteiger partial charge on any atom is 0.135 e. The molecule has 1 fully saturated rings. The van der Waals surface area contributed by atoms with Crippen LogP contribution in [-0.2, 0) is 4.79 Å². The van der Waals surface area contributed by atoms with E-state index in [1.807, 2.05) is 41.2 Å². The van der Waals surface area contributed by atoms with Crippen LogP contribution in [0.5, 0.6) is 0 Å². The van der Waals surface area contributed by atoms with Crippen LogP contribution >= 0.6 is 11.6 Å². The highest BCUT2D eigenvalue weighted by atomic mass is 35.5. The van der Waals surface area contributed by atoms with Gasteiger partial charge in [-0.2, -0.15) is 5.10 Å². The van der Waals surface area contributed by atoms with Gasteiger partial charge in [-0.3, -0.25) is 9.48 Å². The number of hydrogen-bond acceptors (Lipinski definition) is 2. The van der Waals surface area contributed by atoms with Gasteiger partial charge < -0.3 is 0 Å². The first kappa shape index (κ1) is 11.5. The summed E-state index contributed by atoms with van der Waals surface area (Å²) in [6, 6.07) is 9.83. The van der Waals surface area contributed by atoms with Crippen LogP contribution in [0.1, 0.15) is 25.3 Å². The summed E-state index contributed by atoms with van der Waals surface area (Å²) < 4.78 is 1.91. The fourth-order valence-electron chi connectivity index (χ4n) is 2.34. The van der Waals surface area contributed by atoms with Gasteiger partial charge in [-0.05, 0) is 24.6 Å². The molecule has 0 N–H and O–H groups in total. The SMILES string of the molecule is O=C1CCC(n2ccc(-c3ccc(Cl)cc3)n2)C1. The third-order valence-electron chi connectivity index (χ3n) is 3.34. The summed E-state index contributed by atoms with van der Waals surface area (Å²) >= 11 is 5.86. The van der Waals surface area contributed by atoms with Gasteiger partial charge in [0.05, 0.1) is 11.7 Å². The molecule has 1 aromatic heterocycles. The number of carbonyl (C=O) groups is 1. The highest BCUT2D eigenvalue weighted by molar-refractivity contribution is 6.30. The van der Waals surface area contributed by atoms with E-state index in [0.717, 1.165) is 22.7 Å². The minimum atomic E-state index is 0.235. The standard InChI is InChI=1S/C14H13ClN2O/c15-11-3-1-10(2-4-11)14-7-8-17(16-14)12-5-6-13(18)9-12/h1-4,7-8,12H,5-6,9H2. The fraction of sp³-hybridized carbons (Fsp3) is 0.286. The molecule has 1 saturated carbocycles. The van der Waals surface area contributed by atoms with Crippen molar-refractivity contribution in [2.75, 3.05) is 0 Å². The predicted octanol–water partition coefficient (Wildman–Crippen LogP) is 3.50. The number of ketones is 1. The van der Waals surface area contributed by atoms with Crippen molar-refractivity contribution in [3.05, 3.63) is 41.6 Å². The van der Waals surface area contributed by atoms with Crippen molar-refractivity contribution in [1.29, 1.82) is 0 Å². The summed E-state index contributed by atoms with van der Waals surface area (Å²) in [5.41, 5.74) is 1.97. The van der Waals surface area contributed by atoms with E-state index in [2.05, 4.69) is 5.10 Å². The number of aromatic nitrogens is 2. The van der Waals surface area contributed by atoms with Gasteiger partial charge in [0, 0.05) is 29.6 Å². The molecule has 1 heterocycles. The second-order valence-electron chi connectivity index (χ2n) is 4.62. The van der Waals surface area contributed by atoms with Crippen LogP contribution in [-0.4, -0.2) is 15.6 Å². The average molecular weight is 261 g/mol. The Morgan fingerprint density at radius 1 is 1.22 bits per heavy atom. The molecule has 1 aliphatic carbocycles. The summed E-state index contributed by atoms with van der Waals surface area (Å²) in [5, 5.41) is 5.27. The Hall–Kier alpha value is -1.61. The largest absolute Gasteiger partial charge is 0.300 e. The molecule has 4 heteroatoms. The Morgan fingerprint density at radius 2 is 2.00 bits per heavy atom. The summed E-state index contributed by atoms with van der Waals surface area (Å²) in [4.78, 5) is 11.3. The van der Waals surface area contributed by atoms with Crippen LogP contribution < -0.4 is 0 Å². The molecule has 1 aromatic carbocycles. The number of nitrogens with zero attached hydrogens (tertiary/aromatic N) is 2. The van der Waals surface area contributed by atoms with E-state index in [-0.39, 0.29) is 6.04 Å². The van der Waals surface area contributed by atoms with Crippen molar-refractivity contribution in [1.82, 2.24) is 9.78 Å². The van der Waals surface area contributed by atoms with Crippen LogP contribution in [0.25, 0.3) is 11.3 Å². The first-order chi connectivity index (χ1) is 8.72. The number of Topliss-reactive ketones (excluding diaryl/α,β-unsaturated/α-hetero) is 1. The van der Waals surface area contributed by atoms with Gasteiger partial charge in [0.1, 0.15) is 5.78 Å². The van der Waals surface area contributed by atoms with Gasteiger partial charge >= 0.3 is 0 Å². The molecule has 1 atom stereocenters. The van der Waals surface area contributed by atoms with Crippen molar-refractivity contribution >= 4 is 17.4 Å². The molecule has 92 valence electrons. The Morgan fingerprint density at radius 3 is 2.67 bits per heavy atom. The lowest BCUT2D eigenvalue weighted by atomic mass is 10.2. The van der Waals surface area contributed by atoms with Crippen molar-refractivity contribution in [2.45, 2.75) is 25.3 Å². The molecule has 2 aromatic rings. The molecule has 18 heavy (non-hydrogen) atoms. The second kappa shape index (κ2) is 4.58. The zero-order chi connectivity index (χ0) is 12.5. The lowest BCUT2D eigenvalue weighted by molar-refractivity contribution is -0.117. The minimum absolute atomic E-state index is 0.235. The van der Waals surface area contributed by atoms with Gasteiger partial charge in [-0.25, -0.2) is 0 Å². The minimum Gasteiger partial charge on any atom is -0.300 e. The van der Waals surface area contributed by atoms with E-state index in [0.29, 0.717) is 18.6 Å². The maximum absolute atomic E-state index is 11.3. The number of hydrogen-bond donors (Lipinski definition) is 0. The van der Waals surface area contributed by atoms with Gasteiger partial charge in [0.15, 0.2) is 0 Å². The average Bonchev–Trinajstić information content (AvgIpc) is 2.98. The topological polar surface area (TPSA) is 34.9 Å². The summed E-state index contributed by atoms with van der Waals surface area (Å²) in [5.74, 6) is 0.337. The van der Waals surface area contributed by atoms with E-state index in [4.69, 9.17) is 11.6 Å². The Labute approximate surface area is 110 Å². The first-order valence-electron chi connectivity index (χ1n) is 6.05. The summed E-state index contributed by atoms with van der Waals surface area (Å²) in [6.45, 7) is 0. The maximum atomic E-state index is 11.3. The molecule has 1 aliphatic rings. The Kier molecular flexibility index (Phi) is 2.92. The molecule has 0 saturated heterocycles. The third-order valence-corrected chi connectivity index (χ3v) is 3.59. The van der Waals surface area contributed by atoms with Crippen molar-refractivity contribution < 1.29 is 4.79 Å². The Bertz CT molecular complexity index is 574. The molecular formula is C14H13ClN2O. The molecule has 3 rings (SSSR count). The quantitative estimate of drug-likeness (QED) is 0.828. The van der Waals surface area contributed by atoms with Gasteiger partial charge in [-0.1, -0.05) is 23.7 Å². The first-order valence-corrected chi connectivity index (χ1v) is 6.43. The smallest absolute Gasteiger partial charge is 0.135 e. The summed E-state index contributed by atoms with van der Waals surface area (Å²) in [6.07, 6.45) is 4.15. The van der Waals surface area contributed by atoms with Gasteiger partial charge in [0.25, 0.3) is 0 Å². The lowest BCUT2D eigenvalue weighted by Crippen LogP contribution is -2.06. The number of carbonyl (C=O) groups excluding carboxylic acids is 1. The second-order valence-corrected chi connectivity index (χ2v) is 5.06. The van der Waals surface area contributed by atoms with Crippen LogP contribution in [0.4, 0.5) is 0 Å². The zero-order valence-electron chi connectivity index (χ0n) is 9.84. The van der Waals surface area contributed by atoms with Crippen LogP contribution in [0.2, 0.25) is 5.02 Å². The highest BCUT2D eigenvalue weighted by Gasteiger charge is 2.24. The fourth-order valence-corrected chi connectivity index (χ4v) is 2.46. The molecule has 0 bridgehead atoms. The zero-order valence-corrected chi connectivity index (χ0v) is 10.6. The van der Waals surface area contributed by atoms with E-state index in [1.54, 1.807) is 0 Å². The van der Waals surface area contributed by atoms with Crippen LogP contribution in [0, 0.1) is 0 Å². The molecule has 0 amide bonds. The molecule has 1 unspecified atom stereocenters. The molecule has 0 aliphatic heterocycles. The van der Waals surface area contributed by atoms with E-state index < -0.39 is 0 Å². The van der Waals surface area contributed by atoms with E-state index >= 15 is 0 Å². The van der Waals surface area contributed by atoms with Crippen molar-refractivity contribution in [3.8, 4) is 11.3 Å². The predicted molar refractivity (Wildman–Crippen MR) is 70.6 cm³/mol. The number of benzene rings is 1. The third kappa shape index (κ3) is 2.18. The monoisotopic (exact) mass is 260 g/mol. The van der Waals surface area contributed by atoms with E-state index in [9.17, 15) is 4.79 Å². The molecule has 3 nitrogen and oxygen atoms in total. The number of halogens is 1. The van der Waals surface area contributed by atoms with Crippen molar-refractivity contribution in [3.63, 3.8) is 0 Å². The van der Waals surface area contributed by atoms with Crippen LogP contribution in [0.15, 0.2) is 36.5 Å². The number of rotatable bonds is 2. The Balaban J connectivity index is 1.85. The van der Waals surface area contributed by atoms with E-state index in [1.165, 1.54) is 0 Å². The summed E-state index contributed by atoms with van der Waals surface area (Å²) in [7, 11) is 0. The lowest BCUT2D eigenvalue weighted by Gasteiger charge is -2.07. The van der Waals surface area contributed by atoms with Crippen LogP contribution in [0.3, 0.4) is 0 Å². The molecule has 0 radical (unpaired) electrons. The molecular weight excluding hydrogens is 248 g/mol. The van der Waals surface area contributed by atoms with Gasteiger partial charge in [0.2, 0.25) is 0 Å².